The molecule has 7 heteroatoms. The predicted octanol–water partition coefficient (Wildman–Crippen LogP) is 0.817. The smallest absolute Gasteiger partial charge is 0.327 e. The van der Waals surface area contributed by atoms with Gasteiger partial charge in [-0.1, -0.05) is 0 Å². The summed E-state index contributed by atoms with van der Waals surface area (Å²) in [5, 5.41) is 3.32. The van der Waals surface area contributed by atoms with Crippen molar-refractivity contribution in [2.75, 3.05) is 26.3 Å². The van der Waals surface area contributed by atoms with Gasteiger partial charge >= 0.3 is 5.69 Å². The molecule has 0 spiro atoms. The third-order valence-electron chi connectivity index (χ3n) is 4.41. The minimum atomic E-state index is -0.0873. The van der Waals surface area contributed by atoms with Crippen molar-refractivity contribution in [1.29, 1.82) is 0 Å². The van der Waals surface area contributed by atoms with E-state index in [9.17, 15) is 4.79 Å². The highest BCUT2D eigenvalue weighted by molar-refractivity contribution is 5.72. The normalized spacial score (nSPS) is 23.2. The Labute approximate surface area is 127 Å². The number of aromatic amines is 1. The quantitative estimate of drug-likeness (QED) is 0.877. The molecule has 4 heterocycles. The van der Waals surface area contributed by atoms with Crippen LogP contribution in [0.2, 0.25) is 0 Å². The van der Waals surface area contributed by atoms with Gasteiger partial charge in [0.25, 0.3) is 0 Å². The molecule has 2 fully saturated rings. The van der Waals surface area contributed by atoms with E-state index in [0.717, 1.165) is 44.5 Å². The zero-order valence-electron chi connectivity index (χ0n) is 12.4. The fourth-order valence-corrected chi connectivity index (χ4v) is 3.28. The van der Waals surface area contributed by atoms with Crippen LogP contribution in [0.4, 0.5) is 0 Å². The summed E-state index contributed by atoms with van der Waals surface area (Å²) in [5.41, 5.74) is 1.36. The minimum absolute atomic E-state index is 0.0808. The Morgan fingerprint density at radius 1 is 1.32 bits per heavy atom. The second kappa shape index (κ2) is 5.73. The largest absolute Gasteiger partial charge is 0.486 e. The molecule has 0 amide bonds. The molecule has 0 radical (unpaired) electrons. The van der Waals surface area contributed by atoms with E-state index in [1.54, 1.807) is 6.20 Å². The van der Waals surface area contributed by atoms with Gasteiger partial charge in [0.1, 0.15) is 11.9 Å². The van der Waals surface area contributed by atoms with Crippen LogP contribution in [0.1, 0.15) is 25.3 Å². The van der Waals surface area contributed by atoms with E-state index in [1.165, 1.54) is 0 Å². The van der Waals surface area contributed by atoms with Crippen molar-refractivity contribution in [2.24, 2.45) is 0 Å². The van der Waals surface area contributed by atoms with E-state index in [1.807, 2.05) is 10.6 Å². The molecule has 2 aliphatic heterocycles. The number of nitrogens with one attached hydrogen (secondary N) is 2. The monoisotopic (exact) mass is 304 g/mol. The summed E-state index contributed by atoms with van der Waals surface area (Å²) in [6.07, 6.45) is 4.55. The average Bonchev–Trinajstić information content (AvgIpc) is 3.15. The van der Waals surface area contributed by atoms with Crippen molar-refractivity contribution < 1.29 is 9.47 Å². The standard InChI is InChI=1S/C15H20N4O3/c20-15-18-14-13(19(15)10-1-4-16-5-2-10)7-12(8-17-14)22-11-3-6-21-9-11/h7-8,10-11,16H,1-6,9H2,(H,17,18,20). The van der Waals surface area contributed by atoms with E-state index in [2.05, 4.69) is 15.3 Å². The summed E-state index contributed by atoms with van der Waals surface area (Å²) in [7, 11) is 0. The molecule has 2 aromatic heterocycles. The Morgan fingerprint density at radius 2 is 2.18 bits per heavy atom. The second-order valence-electron chi connectivity index (χ2n) is 5.92. The third kappa shape index (κ3) is 2.50. The molecule has 0 aliphatic carbocycles. The Kier molecular flexibility index (Phi) is 3.59. The lowest BCUT2D eigenvalue weighted by atomic mass is 10.1. The van der Waals surface area contributed by atoms with Crippen molar-refractivity contribution in [2.45, 2.75) is 31.4 Å². The van der Waals surface area contributed by atoms with Crippen LogP contribution in [0.3, 0.4) is 0 Å². The molecule has 2 N–H and O–H groups in total. The first kappa shape index (κ1) is 13.8. The van der Waals surface area contributed by atoms with Crippen LogP contribution in [0.15, 0.2) is 17.1 Å². The number of piperidine rings is 1. The van der Waals surface area contributed by atoms with Crippen molar-refractivity contribution >= 4 is 11.2 Å². The minimum Gasteiger partial charge on any atom is -0.486 e. The molecule has 22 heavy (non-hydrogen) atoms. The zero-order valence-corrected chi connectivity index (χ0v) is 12.4. The van der Waals surface area contributed by atoms with Crippen molar-refractivity contribution in [1.82, 2.24) is 19.9 Å². The summed E-state index contributed by atoms with van der Waals surface area (Å²) < 4.78 is 13.1. The number of H-pyrrole nitrogens is 1. The maximum absolute atomic E-state index is 12.3. The molecule has 2 aromatic rings. The molecule has 4 rings (SSSR count). The van der Waals surface area contributed by atoms with Crippen LogP contribution >= 0.6 is 0 Å². The number of hydrogen-bond acceptors (Lipinski definition) is 5. The first-order valence-corrected chi connectivity index (χ1v) is 7.86. The second-order valence-corrected chi connectivity index (χ2v) is 5.92. The number of pyridine rings is 1. The maximum atomic E-state index is 12.3. The van der Waals surface area contributed by atoms with Crippen LogP contribution in [-0.2, 0) is 4.74 Å². The Hall–Kier alpha value is -1.86. The van der Waals surface area contributed by atoms with Gasteiger partial charge in [-0.15, -0.1) is 0 Å². The predicted molar refractivity (Wildman–Crippen MR) is 81.3 cm³/mol. The van der Waals surface area contributed by atoms with Crippen LogP contribution in [0.25, 0.3) is 11.2 Å². The van der Waals surface area contributed by atoms with Crippen LogP contribution in [-0.4, -0.2) is 46.9 Å². The number of nitrogens with zero attached hydrogens (tertiary/aromatic N) is 2. The van der Waals surface area contributed by atoms with Crippen molar-refractivity contribution in [3.63, 3.8) is 0 Å². The zero-order chi connectivity index (χ0) is 14.9. The topological polar surface area (TPSA) is 81.2 Å². The average molecular weight is 304 g/mol. The van der Waals surface area contributed by atoms with Crippen LogP contribution in [0.5, 0.6) is 5.75 Å². The number of rotatable bonds is 3. The maximum Gasteiger partial charge on any atom is 0.327 e. The third-order valence-corrected chi connectivity index (χ3v) is 4.41. The molecule has 0 saturated carbocycles. The molecule has 1 atom stereocenters. The number of fused-ring (bicyclic) bond motifs is 1. The van der Waals surface area contributed by atoms with E-state index in [0.29, 0.717) is 18.0 Å². The fraction of sp³-hybridized carbons (Fsp3) is 0.600. The van der Waals surface area contributed by atoms with E-state index >= 15 is 0 Å². The SMILES string of the molecule is O=c1[nH]c2ncc(OC3CCOC3)cc2n1C1CCNCC1. The Bertz CT molecular complexity index is 711. The lowest BCUT2D eigenvalue weighted by Gasteiger charge is -2.23. The highest BCUT2D eigenvalue weighted by Gasteiger charge is 2.22. The molecule has 1 unspecified atom stereocenters. The van der Waals surface area contributed by atoms with Crippen LogP contribution in [0, 0.1) is 0 Å². The number of hydrogen-bond donors (Lipinski definition) is 2. The van der Waals surface area contributed by atoms with Gasteiger partial charge in [0, 0.05) is 18.5 Å². The Morgan fingerprint density at radius 3 is 2.95 bits per heavy atom. The molecule has 118 valence electrons. The summed E-state index contributed by atoms with van der Waals surface area (Å²) in [6, 6.07) is 2.13. The van der Waals surface area contributed by atoms with Gasteiger partial charge < -0.3 is 14.8 Å². The summed E-state index contributed by atoms with van der Waals surface area (Å²) in [5.74, 6) is 0.699. The molecule has 2 saturated heterocycles. The molecule has 0 bridgehead atoms. The van der Waals surface area contributed by atoms with E-state index < -0.39 is 0 Å². The summed E-state index contributed by atoms with van der Waals surface area (Å²) >= 11 is 0. The number of aromatic nitrogens is 3. The first-order valence-electron chi connectivity index (χ1n) is 7.86. The summed E-state index contributed by atoms with van der Waals surface area (Å²) in [6.45, 7) is 3.23. The van der Waals surface area contributed by atoms with Gasteiger partial charge in [-0.05, 0) is 25.9 Å². The van der Waals surface area contributed by atoms with Gasteiger partial charge in [0.2, 0.25) is 0 Å². The van der Waals surface area contributed by atoms with Gasteiger partial charge in [-0.2, -0.15) is 0 Å². The molecule has 0 aromatic carbocycles. The Balaban J connectivity index is 1.68. The van der Waals surface area contributed by atoms with E-state index in [-0.39, 0.29) is 17.8 Å². The van der Waals surface area contributed by atoms with Crippen LogP contribution < -0.4 is 15.7 Å². The molecule has 7 nitrogen and oxygen atoms in total. The van der Waals surface area contributed by atoms with Gasteiger partial charge in [0.15, 0.2) is 5.65 Å². The van der Waals surface area contributed by atoms with Gasteiger partial charge in [-0.25, -0.2) is 9.78 Å². The highest BCUT2D eigenvalue weighted by atomic mass is 16.5. The highest BCUT2D eigenvalue weighted by Crippen LogP contribution is 2.24. The van der Waals surface area contributed by atoms with Gasteiger partial charge in [-0.3, -0.25) is 9.55 Å². The van der Waals surface area contributed by atoms with Crippen molar-refractivity contribution in [3.05, 3.63) is 22.7 Å². The lowest BCUT2D eigenvalue weighted by molar-refractivity contribution is 0.141. The first-order chi connectivity index (χ1) is 10.8. The number of ether oxygens (including phenoxy) is 2. The van der Waals surface area contributed by atoms with Crippen molar-refractivity contribution in [3.8, 4) is 5.75 Å². The fourth-order valence-electron chi connectivity index (χ4n) is 3.28. The summed E-state index contributed by atoms with van der Waals surface area (Å²) in [4.78, 5) is 19.5. The molecular weight excluding hydrogens is 284 g/mol. The van der Waals surface area contributed by atoms with Gasteiger partial charge in [0.05, 0.1) is 24.9 Å². The van der Waals surface area contributed by atoms with E-state index in [4.69, 9.17) is 9.47 Å². The molecule has 2 aliphatic rings. The lowest BCUT2D eigenvalue weighted by Crippen LogP contribution is -2.33. The molecular formula is C15H20N4O3. The number of imidazole rings is 1.